The topological polar surface area (TPSA) is 58.6 Å². The van der Waals surface area contributed by atoms with Crippen LogP contribution in [0.1, 0.15) is 24.8 Å². The summed E-state index contributed by atoms with van der Waals surface area (Å²) in [7, 11) is 0. The van der Waals surface area contributed by atoms with E-state index in [1.807, 2.05) is 31.2 Å². The third kappa shape index (κ3) is 3.91. The van der Waals surface area contributed by atoms with Gasteiger partial charge in [-0.15, -0.1) is 11.8 Å². The summed E-state index contributed by atoms with van der Waals surface area (Å²) in [6.07, 6.45) is 0. The maximum atomic E-state index is 12.1. The molecule has 1 aliphatic rings. The molecular formula is C15H20N2O3S. The first kappa shape index (κ1) is 15.7. The number of amides is 2. The van der Waals surface area contributed by atoms with Gasteiger partial charge in [-0.3, -0.25) is 9.59 Å². The first-order valence-electron chi connectivity index (χ1n) is 7.00. The number of nitrogens with zero attached hydrogens (tertiary/aromatic N) is 1. The zero-order valence-corrected chi connectivity index (χ0v) is 13.1. The van der Waals surface area contributed by atoms with E-state index in [-0.39, 0.29) is 17.2 Å². The molecule has 1 atom stereocenters. The van der Waals surface area contributed by atoms with Crippen molar-refractivity contribution in [2.24, 2.45) is 0 Å². The third-order valence-electron chi connectivity index (χ3n) is 3.18. The predicted molar refractivity (Wildman–Crippen MR) is 83.2 cm³/mol. The van der Waals surface area contributed by atoms with E-state index in [0.717, 1.165) is 11.3 Å². The van der Waals surface area contributed by atoms with Crippen LogP contribution in [0.3, 0.4) is 0 Å². The highest BCUT2D eigenvalue weighted by Crippen LogP contribution is 2.42. The second-order valence-electron chi connectivity index (χ2n) is 4.70. The van der Waals surface area contributed by atoms with Crippen LogP contribution in [0.5, 0.6) is 5.75 Å². The minimum Gasteiger partial charge on any atom is -0.493 e. The van der Waals surface area contributed by atoms with Crippen molar-refractivity contribution in [3.8, 4) is 5.75 Å². The summed E-state index contributed by atoms with van der Waals surface area (Å²) < 4.78 is 5.65. The van der Waals surface area contributed by atoms with Crippen LogP contribution in [0.4, 0.5) is 0 Å². The van der Waals surface area contributed by atoms with Crippen LogP contribution in [0.2, 0.25) is 0 Å². The highest BCUT2D eigenvalue weighted by atomic mass is 32.2. The molecule has 0 aliphatic carbocycles. The maximum absolute atomic E-state index is 12.1. The van der Waals surface area contributed by atoms with Crippen molar-refractivity contribution in [3.63, 3.8) is 0 Å². The molecule has 1 N–H and O–H groups in total. The average molecular weight is 308 g/mol. The van der Waals surface area contributed by atoms with Crippen LogP contribution in [-0.4, -0.2) is 42.2 Å². The SMILES string of the molecule is CCOc1ccccc1C1SCC(=O)N1CCNC(C)=O. The van der Waals surface area contributed by atoms with Gasteiger partial charge in [0, 0.05) is 25.6 Å². The van der Waals surface area contributed by atoms with E-state index in [9.17, 15) is 9.59 Å². The highest BCUT2D eigenvalue weighted by Gasteiger charge is 2.34. The Hall–Kier alpha value is -1.69. The second kappa shape index (κ2) is 7.36. The molecule has 2 amide bonds. The molecule has 1 aliphatic heterocycles. The van der Waals surface area contributed by atoms with E-state index in [2.05, 4.69) is 5.32 Å². The number of ether oxygens (including phenoxy) is 1. The van der Waals surface area contributed by atoms with Gasteiger partial charge in [0.05, 0.1) is 12.4 Å². The summed E-state index contributed by atoms with van der Waals surface area (Å²) in [6.45, 7) is 4.99. The average Bonchev–Trinajstić information content (AvgIpc) is 2.81. The van der Waals surface area contributed by atoms with Gasteiger partial charge < -0.3 is 15.0 Å². The van der Waals surface area contributed by atoms with Crippen LogP contribution in [0.25, 0.3) is 0 Å². The Balaban J connectivity index is 2.13. The Bertz CT molecular complexity index is 521. The summed E-state index contributed by atoms with van der Waals surface area (Å²) in [5.74, 6) is 1.30. The molecule has 0 spiro atoms. The number of carbonyl (C=O) groups is 2. The van der Waals surface area contributed by atoms with Gasteiger partial charge in [0.15, 0.2) is 0 Å². The minimum atomic E-state index is -0.0828. The third-order valence-corrected chi connectivity index (χ3v) is 4.42. The summed E-state index contributed by atoms with van der Waals surface area (Å²) in [4.78, 5) is 24.8. The minimum absolute atomic E-state index is 0.0472. The zero-order valence-electron chi connectivity index (χ0n) is 12.3. The summed E-state index contributed by atoms with van der Waals surface area (Å²) in [5, 5.41) is 2.68. The van der Waals surface area contributed by atoms with E-state index in [0.29, 0.717) is 25.4 Å². The number of carbonyl (C=O) groups excluding carboxylic acids is 2. The molecule has 2 rings (SSSR count). The first-order valence-corrected chi connectivity index (χ1v) is 8.05. The molecule has 114 valence electrons. The number of thioether (sulfide) groups is 1. The molecule has 0 aromatic heterocycles. The molecule has 1 saturated heterocycles. The van der Waals surface area contributed by atoms with Crippen molar-refractivity contribution in [2.75, 3.05) is 25.4 Å². The van der Waals surface area contributed by atoms with E-state index < -0.39 is 0 Å². The van der Waals surface area contributed by atoms with E-state index >= 15 is 0 Å². The predicted octanol–water partition coefficient (Wildman–Crippen LogP) is 1.80. The summed E-state index contributed by atoms with van der Waals surface area (Å²) in [5.41, 5.74) is 1.01. The van der Waals surface area contributed by atoms with Crippen molar-refractivity contribution in [3.05, 3.63) is 29.8 Å². The van der Waals surface area contributed by atoms with Crippen LogP contribution >= 0.6 is 11.8 Å². The molecule has 6 heteroatoms. The van der Waals surface area contributed by atoms with Gasteiger partial charge in [-0.05, 0) is 13.0 Å². The molecule has 0 radical (unpaired) electrons. The lowest BCUT2D eigenvalue weighted by Gasteiger charge is -2.25. The number of hydrogen-bond donors (Lipinski definition) is 1. The number of rotatable bonds is 6. The Kier molecular flexibility index (Phi) is 5.50. The van der Waals surface area contributed by atoms with Crippen molar-refractivity contribution >= 4 is 23.6 Å². The Morgan fingerprint density at radius 3 is 2.95 bits per heavy atom. The molecule has 5 nitrogen and oxygen atoms in total. The molecule has 0 saturated carbocycles. The Morgan fingerprint density at radius 1 is 1.48 bits per heavy atom. The normalized spacial score (nSPS) is 17.9. The van der Waals surface area contributed by atoms with Crippen molar-refractivity contribution < 1.29 is 14.3 Å². The van der Waals surface area contributed by atoms with Gasteiger partial charge in [0.2, 0.25) is 11.8 Å². The number of para-hydroxylation sites is 1. The van der Waals surface area contributed by atoms with Gasteiger partial charge >= 0.3 is 0 Å². The van der Waals surface area contributed by atoms with Gasteiger partial charge in [-0.1, -0.05) is 18.2 Å². The fraction of sp³-hybridized carbons (Fsp3) is 0.467. The van der Waals surface area contributed by atoms with Gasteiger partial charge in [-0.25, -0.2) is 0 Å². The van der Waals surface area contributed by atoms with Gasteiger partial charge in [0.1, 0.15) is 11.1 Å². The van der Waals surface area contributed by atoms with E-state index in [1.165, 1.54) is 6.92 Å². The molecule has 1 heterocycles. The monoisotopic (exact) mass is 308 g/mol. The standard InChI is InChI=1S/C15H20N2O3S/c1-3-20-13-7-5-4-6-12(13)15-17(14(19)10-21-15)9-8-16-11(2)18/h4-7,15H,3,8-10H2,1-2H3,(H,16,18). The van der Waals surface area contributed by atoms with Crippen molar-refractivity contribution in [1.82, 2.24) is 10.2 Å². The highest BCUT2D eigenvalue weighted by molar-refractivity contribution is 8.00. The number of nitrogens with one attached hydrogen (secondary N) is 1. The molecule has 1 aromatic carbocycles. The fourth-order valence-electron chi connectivity index (χ4n) is 2.28. The quantitative estimate of drug-likeness (QED) is 0.870. The molecule has 21 heavy (non-hydrogen) atoms. The molecule has 1 aromatic rings. The second-order valence-corrected chi connectivity index (χ2v) is 5.77. The molecule has 1 unspecified atom stereocenters. The number of hydrogen-bond acceptors (Lipinski definition) is 4. The van der Waals surface area contributed by atoms with Crippen LogP contribution < -0.4 is 10.1 Å². The smallest absolute Gasteiger partial charge is 0.233 e. The van der Waals surface area contributed by atoms with Crippen molar-refractivity contribution in [2.45, 2.75) is 19.2 Å². The van der Waals surface area contributed by atoms with E-state index in [4.69, 9.17) is 4.74 Å². The zero-order chi connectivity index (χ0) is 15.2. The largest absolute Gasteiger partial charge is 0.493 e. The summed E-state index contributed by atoms with van der Waals surface area (Å²) in [6, 6.07) is 7.80. The summed E-state index contributed by atoms with van der Waals surface area (Å²) >= 11 is 1.59. The molecular weight excluding hydrogens is 288 g/mol. The Labute approximate surface area is 129 Å². The van der Waals surface area contributed by atoms with Crippen LogP contribution in [0, 0.1) is 0 Å². The molecule has 0 bridgehead atoms. The van der Waals surface area contributed by atoms with Crippen LogP contribution in [0.15, 0.2) is 24.3 Å². The Morgan fingerprint density at radius 2 is 2.24 bits per heavy atom. The lowest BCUT2D eigenvalue weighted by Crippen LogP contribution is -2.36. The molecule has 1 fully saturated rings. The van der Waals surface area contributed by atoms with Gasteiger partial charge in [-0.2, -0.15) is 0 Å². The number of benzene rings is 1. The first-order chi connectivity index (χ1) is 10.1. The van der Waals surface area contributed by atoms with Gasteiger partial charge in [0.25, 0.3) is 0 Å². The van der Waals surface area contributed by atoms with Crippen LogP contribution in [-0.2, 0) is 9.59 Å². The fourth-order valence-corrected chi connectivity index (χ4v) is 3.52. The maximum Gasteiger partial charge on any atom is 0.233 e. The lowest BCUT2D eigenvalue weighted by molar-refractivity contribution is -0.128. The van der Waals surface area contributed by atoms with E-state index in [1.54, 1.807) is 16.7 Å². The van der Waals surface area contributed by atoms with Crippen molar-refractivity contribution in [1.29, 1.82) is 0 Å². The lowest BCUT2D eigenvalue weighted by atomic mass is 10.2.